The van der Waals surface area contributed by atoms with Gasteiger partial charge in [0.15, 0.2) is 6.10 Å². The fraction of sp³-hybridized carbons (Fsp3) is 0.660. The van der Waals surface area contributed by atoms with Crippen molar-refractivity contribution in [2.45, 2.75) is 178 Å². The topological polar surface area (TPSA) is 141 Å². The number of carboxylic acid groups (broad SMARTS) is 1. The van der Waals surface area contributed by atoms with Crippen LogP contribution in [0.15, 0.2) is 84.6 Å². The molecule has 0 saturated carbocycles. The molecular formula is C47H68O10. The highest BCUT2D eigenvalue weighted by Crippen LogP contribution is 2.38. The van der Waals surface area contributed by atoms with Crippen LogP contribution in [-0.4, -0.2) is 94.4 Å². The number of carbonyl (C=O) groups excluding carboxylic acids is 1. The van der Waals surface area contributed by atoms with E-state index in [-0.39, 0.29) is 61.0 Å². The molecule has 7 bridgehead atoms. The lowest BCUT2D eigenvalue weighted by Crippen LogP contribution is -2.45. The van der Waals surface area contributed by atoms with Crippen molar-refractivity contribution in [1.82, 2.24) is 0 Å². The third-order valence-corrected chi connectivity index (χ3v) is 12.2. The second kappa shape index (κ2) is 22.9. The lowest BCUT2D eigenvalue weighted by molar-refractivity contribution is -0.151. The van der Waals surface area contributed by atoms with E-state index < -0.39 is 36.4 Å². The average Bonchev–Trinajstić information content (AvgIpc) is 3.53. The number of hydrogen-bond acceptors (Lipinski definition) is 9. The fourth-order valence-corrected chi connectivity index (χ4v) is 8.64. The smallest absolute Gasteiger partial charge is 0.331 e. The number of carbonyl (C=O) groups is 2. The number of aliphatic carboxylic acids is 1. The van der Waals surface area contributed by atoms with Crippen molar-refractivity contribution in [1.29, 1.82) is 0 Å². The van der Waals surface area contributed by atoms with Gasteiger partial charge in [0.25, 0.3) is 0 Å². The van der Waals surface area contributed by atoms with Gasteiger partial charge in [0, 0.05) is 24.8 Å². The van der Waals surface area contributed by atoms with Gasteiger partial charge in [-0.3, -0.25) is 4.79 Å². The highest BCUT2D eigenvalue weighted by Gasteiger charge is 2.45. The first-order valence-corrected chi connectivity index (χ1v) is 21.6. The number of unbranched alkanes of at least 4 members (excludes halogenated alkanes) is 1. The second-order valence-corrected chi connectivity index (χ2v) is 16.9. The molecule has 6 aliphatic heterocycles. The van der Waals surface area contributed by atoms with Crippen LogP contribution in [0.5, 0.6) is 0 Å². The Kier molecular flexibility index (Phi) is 18.0. The van der Waals surface area contributed by atoms with Crippen LogP contribution in [0.1, 0.15) is 111 Å². The number of hydrogen-bond donors (Lipinski definition) is 3. The van der Waals surface area contributed by atoms with Crippen LogP contribution in [0.4, 0.5) is 0 Å². The highest BCUT2D eigenvalue weighted by molar-refractivity contribution is 5.82. The Balaban J connectivity index is 1.26. The van der Waals surface area contributed by atoms with Crippen LogP contribution in [0.25, 0.3) is 0 Å². The van der Waals surface area contributed by atoms with Crippen molar-refractivity contribution < 1.29 is 48.6 Å². The predicted octanol–water partition coefficient (Wildman–Crippen LogP) is 8.05. The second-order valence-electron chi connectivity index (χ2n) is 16.9. The molecular weight excluding hydrogens is 725 g/mol. The Bertz CT molecular complexity index is 1490. The monoisotopic (exact) mass is 792 g/mol. The molecule has 3 fully saturated rings. The van der Waals surface area contributed by atoms with Crippen molar-refractivity contribution in [3.63, 3.8) is 0 Å². The lowest BCUT2D eigenvalue weighted by Gasteiger charge is -2.38. The standard InChI is InChI=1S/C47H68O10/c1-31(17-14-15-23-44(49)50)29-33(3)47-41-28-26-35(53-47)18-10-6-5-7-11-19-36(48)46(52)40-27-25-32(2)37(54-40)21-16-22-38-34(4)42-30-43(55-38)39(56-42)20-12-8-9-13-24-45(51)57-41/h6,8-10,12-13,16,20,22,24,26,28-29,31-32,34-43,46-48,52H,5,7,11,14-15,17-19,21,23,25,27,30H2,1-4H3,(H,49,50)/b9-8-,10-6+,20-12+,22-16+,24-13?,33-29+/t31-,32-,34?,35?,36+,37?,38?,39-,40-,41?,42?,43?,46+,47?/m1/s1. The molecule has 57 heavy (non-hydrogen) atoms. The van der Waals surface area contributed by atoms with Gasteiger partial charge < -0.3 is 39.0 Å². The normalized spacial score (nSPS) is 40.1. The first-order valence-electron chi connectivity index (χ1n) is 21.6. The SMILES string of the molecule is C/C(=C\[C@H](C)CCCCC(=O)O)C1OC2C=CC1OC(=O)C=C/C=C\C=C\[C@H]1OC3CC1OC(/C=C/CC1O[C@H](CC[C@H]1C)[C@@H](O)[C@@H](O)CCCC/C=C/C2)C3C. The maximum absolute atomic E-state index is 13.0. The van der Waals surface area contributed by atoms with Crippen LogP contribution in [0.2, 0.25) is 0 Å². The lowest BCUT2D eigenvalue weighted by atomic mass is 9.87. The number of aliphatic hydroxyl groups is 2. The maximum Gasteiger partial charge on any atom is 0.331 e. The molecule has 0 aromatic rings. The molecule has 10 heteroatoms. The molecule has 14 atom stereocenters. The van der Waals surface area contributed by atoms with Gasteiger partial charge in [0.1, 0.15) is 18.3 Å². The summed E-state index contributed by atoms with van der Waals surface area (Å²) in [6.07, 6.45) is 31.1. The average molecular weight is 793 g/mol. The molecule has 0 aromatic heterocycles. The Morgan fingerprint density at radius 3 is 2.44 bits per heavy atom. The summed E-state index contributed by atoms with van der Waals surface area (Å²) < 4.78 is 31.7. The Hall–Kier alpha value is -3.12. The predicted molar refractivity (Wildman–Crippen MR) is 220 cm³/mol. The molecule has 6 rings (SSSR count). The van der Waals surface area contributed by atoms with E-state index in [0.717, 1.165) is 63.4 Å². The zero-order valence-corrected chi connectivity index (χ0v) is 34.5. The van der Waals surface area contributed by atoms with Crippen LogP contribution < -0.4 is 0 Å². The van der Waals surface area contributed by atoms with Crippen molar-refractivity contribution in [2.24, 2.45) is 17.8 Å². The van der Waals surface area contributed by atoms with Crippen LogP contribution in [0, 0.1) is 17.8 Å². The summed E-state index contributed by atoms with van der Waals surface area (Å²) in [7, 11) is 0. The van der Waals surface area contributed by atoms with Crippen LogP contribution >= 0.6 is 0 Å². The maximum atomic E-state index is 13.0. The Morgan fingerprint density at radius 1 is 0.807 bits per heavy atom. The van der Waals surface area contributed by atoms with E-state index >= 15 is 0 Å². The van der Waals surface area contributed by atoms with E-state index in [1.165, 1.54) is 6.08 Å². The van der Waals surface area contributed by atoms with Crippen LogP contribution in [-0.2, 0) is 33.3 Å². The molecule has 0 amide bonds. The van der Waals surface area contributed by atoms with E-state index in [2.05, 4.69) is 51.2 Å². The molecule has 316 valence electrons. The first-order chi connectivity index (χ1) is 27.5. The minimum atomic E-state index is -0.919. The van der Waals surface area contributed by atoms with Crippen LogP contribution in [0.3, 0.4) is 0 Å². The van der Waals surface area contributed by atoms with E-state index in [1.807, 2.05) is 37.3 Å². The van der Waals surface area contributed by atoms with E-state index in [0.29, 0.717) is 25.2 Å². The number of aliphatic hydroxyl groups excluding tert-OH is 2. The molecule has 10 nitrogen and oxygen atoms in total. The molecule has 6 aliphatic rings. The molecule has 0 spiro atoms. The molecule has 3 saturated heterocycles. The summed E-state index contributed by atoms with van der Waals surface area (Å²) in [6, 6.07) is 0. The number of ether oxygens (including phenoxy) is 5. The number of fused-ring (bicyclic) bond motifs is 14. The minimum absolute atomic E-state index is 0.0311. The summed E-state index contributed by atoms with van der Waals surface area (Å²) >= 11 is 0. The number of carboxylic acids is 1. The zero-order chi connectivity index (χ0) is 40.7. The fourth-order valence-electron chi connectivity index (χ4n) is 8.64. The minimum Gasteiger partial charge on any atom is -0.481 e. The quantitative estimate of drug-likeness (QED) is 0.132. The number of esters is 1. The molecule has 3 N–H and O–H groups in total. The van der Waals surface area contributed by atoms with Gasteiger partial charge in [0.2, 0.25) is 0 Å². The van der Waals surface area contributed by atoms with Gasteiger partial charge in [-0.25, -0.2) is 4.79 Å². The molecule has 8 unspecified atom stereocenters. The summed E-state index contributed by atoms with van der Waals surface area (Å²) in [5.74, 6) is -0.479. The van der Waals surface area contributed by atoms with E-state index in [9.17, 15) is 19.8 Å². The molecule has 0 radical (unpaired) electrons. The summed E-state index contributed by atoms with van der Waals surface area (Å²) in [5.41, 5.74) is 0.969. The highest BCUT2D eigenvalue weighted by atomic mass is 16.6. The van der Waals surface area contributed by atoms with Gasteiger partial charge in [-0.1, -0.05) is 100 Å². The summed E-state index contributed by atoms with van der Waals surface area (Å²) in [4.78, 5) is 23.9. The molecule has 6 heterocycles. The summed E-state index contributed by atoms with van der Waals surface area (Å²) in [5, 5.41) is 31.0. The Labute approximate surface area is 340 Å². The van der Waals surface area contributed by atoms with Crippen molar-refractivity contribution in [3.8, 4) is 0 Å². The van der Waals surface area contributed by atoms with E-state index in [4.69, 9.17) is 28.8 Å². The third kappa shape index (κ3) is 14.0. The first kappa shape index (κ1) is 45.0. The summed E-state index contributed by atoms with van der Waals surface area (Å²) in [6.45, 7) is 8.47. The Morgan fingerprint density at radius 2 is 1.61 bits per heavy atom. The number of allylic oxidation sites excluding steroid dienone is 6. The number of rotatable bonds is 7. The van der Waals surface area contributed by atoms with Crippen molar-refractivity contribution in [2.75, 3.05) is 0 Å². The molecule has 0 aliphatic carbocycles. The van der Waals surface area contributed by atoms with Gasteiger partial charge in [-0.15, -0.1) is 0 Å². The third-order valence-electron chi connectivity index (χ3n) is 12.2. The van der Waals surface area contributed by atoms with Crippen molar-refractivity contribution >= 4 is 11.9 Å². The van der Waals surface area contributed by atoms with Gasteiger partial charge in [-0.2, -0.15) is 0 Å². The van der Waals surface area contributed by atoms with Gasteiger partial charge in [0.05, 0.1) is 42.7 Å². The van der Waals surface area contributed by atoms with Gasteiger partial charge in [-0.05, 0) is 88.2 Å². The zero-order valence-electron chi connectivity index (χ0n) is 34.5. The van der Waals surface area contributed by atoms with Crippen molar-refractivity contribution in [3.05, 3.63) is 84.6 Å². The van der Waals surface area contributed by atoms with Gasteiger partial charge >= 0.3 is 11.9 Å². The van der Waals surface area contributed by atoms with E-state index in [1.54, 1.807) is 12.2 Å². The molecule has 0 aromatic carbocycles. The largest absolute Gasteiger partial charge is 0.481 e.